The van der Waals surface area contributed by atoms with Gasteiger partial charge in [-0.2, -0.15) is 4.31 Å². The van der Waals surface area contributed by atoms with Gasteiger partial charge in [-0.3, -0.25) is 0 Å². The van der Waals surface area contributed by atoms with Gasteiger partial charge < -0.3 is 4.90 Å². The van der Waals surface area contributed by atoms with Crippen LogP contribution in [0.25, 0.3) is 0 Å². The molecule has 0 spiro atoms. The highest BCUT2D eigenvalue weighted by Crippen LogP contribution is 2.37. The third kappa shape index (κ3) is 3.14. The minimum Gasteiger partial charge on any atom is -0.353 e. The van der Waals surface area contributed by atoms with Crippen molar-refractivity contribution in [1.29, 1.82) is 0 Å². The van der Waals surface area contributed by atoms with E-state index in [2.05, 4.69) is 14.9 Å². The summed E-state index contributed by atoms with van der Waals surface area (Å²) in [7, 11) is -3.28. The van der Waals surface area contributed by atoms with Crippen LogP contribution in [0.3, 0.4) is 0 Å². The smallest absolute Gasteiger partial charge is 0.218 e. The quantitative estimate of drug-likeness (QED) is 0.835. The predicted molar refractivity (Wildman–Crippen MR) is 96.8 cm³/mol. The summed E-state index contributed by atoms with van der Waals surface area (Å²) in [4.78, 5) is 11.0. The van der Waals surface area contributed by atoms with Gasteiger partial charge in [0.05, 0.1) is 5.75 Å². The summed E-state index contributed by atoms with van der Waals surface area (Å²) in [6, 6.07) is 11.5. The van der Waals surface area contributed by atoms with E-state index in [1.807, 2.05) is 50.2 Å². The highest BCUT2D eigenvalue weighted by Gasteiger charge is 2.50. The lowest BCUT2D eigenvalue weighted by Gasteiger charge is -2.55. The Labute approximate surface area is 148 Å². The van der Waals surface area contributed by atoms with E-state index in [0.29, 0.717) is 13.1 Å². The number of hydrogen-bond donors (Lipinski definition) is 0. The van der Waals surface area contributed by atoms with Gasteiger partial charge in [-0.15, -0.1) is 0 Å². The Kier molecular flexibility index (Phi) is 4.00. The Balaban J connectivity index is 1.50. The van der Waals surface area contributed by atoms with Crippen molar-refractivity contribution in [2.45, 2.75) is 38.1 Å². The van der Waals surface area contributed by atoms with Crippen LogP contribution in [-0.2, 0) is 15.8 Å². The summed E-state index contributed by atoms with van der Waals surface area (Å²) in [6.07, 6.45) is 0.938. The van der Waals surface area contributed by atoms with Crippen LogP contribution in [-0.4, -0.2) is 47.9 Å². The highest BCUT2D eigenvalue weighted by molar-refractivity contribution is 7.88. The van der Waals surface area contributed by atoms with Gasteiger partial charge in [0.1, 0.15) is 11.6 Å². The van der Waals surface area contributed by atoms with Crippen LogP contribution in [0.15, 0.2) is 36.4 Å². The lowest BCUT2D eigenvalue weighted by molar-refractivity contribution is 0.0872. The molecule has 0 amide bonds. The molecule has 3 aliphatic heterocycles. The van der Waals surface area contributed by atoms with Gasteiger partial charge >= 0.3 is 0 Å². The summed E-state index contributed by atoms with van der Waals surface area (Å²) >= 11 is 0. The number of piperidine rings is 1. The number of hydrogen-bond acceptors (Lipinski definition) is 5. The van der Waals surface area contributed by atoms with Crippen molar-refractivity contribution in [2.24, 2.45) is 0 Å². The SMILES string of the molecule is Cc1cc(N2CC3CC(C2)N3S(=O)(=O)Cc2ccccc2)nc(C)n1. The fourth-order valence-electron chi connectivity index (χ4n) is 3.94. The fourth-order valence-corrected chi connectivity index (χ4v) is 5.91. The zero-order valence-corrected chi connectivity index (χ0v) is 15.3. The van der Waals surface area contributed by atoms with E-state index in [9.17, 15) is 8.42 Å². The molecule has 1 aromatic carbocycles. The highest BCUT2D eigenvalue weighted by atomic mass is 32.2. The largest absolute Gasteiger partial charge is 0.353 e. The molecule has 3 fully saturated rings. The molecule has 3 aliphatic rings. The van der Waals surface area contributed by atoms with Gasteiger partial charge in [0.15, 0.2) is 0 Å². The first kappa shape index (κ1) is 16.5. The molecule has 2 aromatic rings. The van der Waals surface area contributed by atoms with Gasteiger partial charge in [-0.1, -0.05) is 30.3 Å². The molecule has 132 valence electrons. The van der Waals surface area contributed by atoms with Crippen molar-refractivity contribution < 1.29 is 8.42 Å². The van der Waals surface area contributed by atoms with Crippen LogP contribution < -0.4 is 4.90 Å². The summed E-state index contributed by atoms with van der Waals surface area (Å²) in [6.45, 7) is 5.23. The maximum atomic E-state index is 12.8. The number of fused-ring (bicyclic) bond motifs is 2. The van der Waals surface area contributed by atoms with Crippen LogP contribution in [0.4, 0.5) is 5.82 Å². The van der Waals surface area contributed by atoms with Crippen molar-refractivity contribution in [3.8, 4) is 0 Å². The summed E-state index contributed by atoms with van der Waals surface area (Å²) in [5.41, 5.74) is 1.78. The lowest BCUT2D eigenvalue weighted by atomic mass is 9.91. The third-order valence-electron chi connectivity index (χ3n) is 4.92. The molecule has 2 unspecified atom stereocenters. The van der Waals surface area contributed by atoms with E-state index in [-0.39, 0.29) is 17.8 Å². The van der Waals surface area contributed by atoms with E-state index in [4.69, 9.17) is 0 Å². The van der Waals surface area contributed by atoms with Gasteiger partial charge in [-0.05, 0) is 25.8 Å². The second-order valence-corrected chi connectivity index (χ2v) is 8.81. The molecule has 0 aliphatic carbocycles. The molecule has 0 N–H and O–H groups in total. The third-order valence-corrected chi connectivity index (χ3v) is 6.85. The standard InChI is InChI=1S/C18H22N4O2S/c1-13-8-18(20-14(2)19-13)21-10-16-9-17(11-21)22(16)25(23,24)12-15-6-4-3-5-7-15/h3-8,16-17H,9-12H2,1-2H3. The number of piperazine rings is 1. The first-order valence-electron chi connectivity index (χ1n) is 8.55. The Bertz CT molecular complexity index is 853. The number of nitrogens with zero attached hydrogens (tertiary/aromatic N) is 4. The summed E-state index contributed by atoms with van der Waals surface area (Å²) < 4.78 is 27.4. The Hall–Kier alpha value is -1.99. The van der Waals surface area contributed by atoms with Gasteiger partial charge in [-0.25, -0.2) is 18.4 Å². The molecule has 3 saturated heterocycles. The van der Waals surface area contributed by atoms with Gasteiger partial charge in [0.2, 0.25) is 10.0 Å². The average molecular weight is 358 g/mol. The molecule has 4 heterocycles. The molecule has 1 aromatic heterocycles. The van der Waals surface area contributed by atoms with Crippen molar-refractivity contribution in [1.82, 2.24) is 14.3 Å². The molecule has 7 heteroatoms. The first-order chi connectivity index (χ1) is 11.9. The minimum absolute atomic E-state index is 0.0445. The molecule has 5 rings (SSSR count). The molecule has 0 radical (unpaired) electrons. The Morgan fingerprint density at radius 3 is 2.40 bits per heavy atom. The van der Waals surface area contributed by atoms with Crippen molar-refractivity contribution >= 4 is 15.8 Å². The normalized spacial score (nSPS) is 23.4. The van der Waals surface area contributed by atoms with E-state index < -0.39 is 10.0 Å². The van der Waals surface area contributed by atoms with E-state index in [0.717, 1.165) is 29.3 Å². The van der Waals surface area contributed by atoms with Crippen LogP contribution in [0.5, 0.6) is 0 Å². The zero-order valence-electron chi connectivity index (χ0n) is 14.5. The molecular weight excluding hydrogens is 336 g/mol. The van der Waals surface area contributed by atoms with Crippen LogP contribution in [0.2, 0.25) is 0 Å². The molecule has 25 heavy (non-hydrogen) atoms. The first-order valence-corrected chi connectivity index (χ1v) is 10.2. The summed E-state index contributed by atoms with van der Waals surface area (Å²) in [5.74, 6) is 1.73. The molecule has 0 saturated carbocycles. The molecular formula is C18H22N4O2S. The number of aryl methyl sites for hydroxylation is 2. The van der Waals surface area contributed by atoms with Crippen molar-refractivity contribution in [3.05, 3.63) is 53.5 Å². The number of aromatic nitrogens is 2. The minimum atomic E-state index is -3.28. The Morgan fingerprint density at radius 1 is 1.08 bits per heavy atom. The van der Waals surface area contributed by atoms with Crippen LogP contribution in [0.1, 0.15) is 23.5 Å². The monoisotopic (exact) mass is 358 g/mol. The maximum absolute atomic E-state index is 12.8. The van der Waals surface area contributed by atoms with Crippen LogP contribution >= 0.6 is 0 Å². The number of anilines is 1. The number of rotatable bonds is 4. The van der Waals surface area contributed by atoms with E-state index in [1.165, 1.54) is 0 Å². The van der Waals surface area contributed by atoms with E-state index >= 15 is 0 Å². The average Bonchev–Trinajstić information content (AvgIpc) is 2.54. The maximum Gasteiger partial charge on any atom is 0.218 e. The zero-order chi connectivity index (χ0) is 17.6. The lowest BCUT2D eigenvalue weighted by Crippen LogP contribution is -2.70. The predicted octanol–water partition coefficient (Wildman–Crippen LogP) is 1.89. The van der Waals surface area contributed by atoms with Crippen molar-refractivity contribution in [2.75, 3.05) is 18.0 Å². The second kappa shape index (κ2) is 6.07. The number of benzene rings is 1. The van der Waals surface area contributed by atoms with Crippen LogP contribution in [0, 0.1) is 13.8 Å². The molecule has 2 atom stereocenters. The number of sulfonamides is 1. The van der Waals surface area contributed by atoms with Gasteiger partial charge in [0, 0.05) is 36.9 Å². The molecule has 2 bridgehead atoms. The second-order valence-electron chi connectivity index (χ2n) is 6.93. The molecule has 6 nitrogen and oxygen atoms in total. The Morgan fingerprint density at radius 2 is 1.76 bits per heavy atom. The van der Waals surface area contributed by atoms with Gasteiger partial charge in [0.25, 0.3) is 0 Å². The topological polar surface area (TPSA) is 66.4 Å². The van der Waals surface area contributed by atoms with Crippen molar-refractivity contribution in [3.63, 3.8) is 0 Å². The fraction of sp³-hybridized carbons (Fsp3) is 0.444. The van der Waals surface area contributed by atoms with E-state index in [1.54, 1.807) is 4.31 Å². The summed E-state index contributed by atoms with van der Waals surface area (Å²) in [5, 5.41) is 0.